The molecule has 4 aromatic carbocycles. The van der Waals surface area contributed by atoms with Gasteiger partial charge in [-0.25, -0.2) is 4.98 Å². The quantitative estimate of drug-likeness (QED) is 0.170. The summed E-state index contributed by atoms with van der Waals surface area (Å²) >= 11 is 0. The molecule has 5 rings (SSSR count). The first-order valence-electron chi connectivity index (χ1n) is 11.1. The summed E-state index contributed by atoms with van der Waals surface area (Å²) in [6, 6.07) is 31.5. The van der Waals surface area contributed by atoms with Gasteiger partial charge >= 0.3 is 15.6 Å². The second-order valence-corrected chi connectivity index (χ2v) is 9.52. The summed E-state index contributed by atoms with van der Waals surface area (Å²) in [5.41, 5.74) is -1.68. The van der Waals surface area contributed by atoms with Gasteiger partial charge in [-0.05, 0) is 29.3 Å². The molecule has 5 aromatic rings. The Labute approximate surface area is 210 Å². The molecule has 0 saturated carbocycles. The van der Waals surface area contributed by atoms with Crippen molar-refractivity contribution in [1.29, 1.82) is 0 Å². The smallest absolute Gasteiger partial charge is 0.435 e. The molecule has 0 bridgehead atoms. The van der Waals surface area contributed by atoms with Gasteiger partial charge in [0.25, 0.3) is 0 Å². The number of nitrogens with zero attached hydrogens (tertiary/aromatic N) is 1. The molecule has 1 heterocycles. The van der Waals surface area contributed by atoms with Crippen LogP contribution in [0.3, 0.4) is 0 Å². The molecular formula is C28H18F3NO4S. The monoisotopic (exact) mass is 521 g/mol. The average Bonchev–Trinajstić information content (AvgIpc) is 3.34. The van der Waals surface area contributed by atoms with E-state index in [1.165, 1.54) is 12.1 Å². The molecule has 0 aliphatic rings. The van der Waals surface area contributed by atoms with E-state index in [-0.39, 0.29) is 0 Å². The van der Waals surface area contributed by atoms with Crippen LogP contribution in [0.4, 0.5) is 13.2 Å². The van der Waals surface area contributed by atoms with Crippen molar-refractivity contribution in [2.45, 2.75) is 5.51 Å². The Hall–Kier alpha value is -4.37. The molecule has 0 atom stereocenters. The van der Waals surface area contributed by atoms with Crippen molar-refractivity contribution in [3.05, 3.63) is 109 Å². The molecule has 0 saturated heterocycles. The molecule has 0 spiro atoms. The van der Waals surface area contributed by atoms with Crippen LogP contribution in [0.15, 0.2) is 114 Å². The van der Waals surface area contributed by atoms with Crippen molar-refractivity contribution in [3.8, 4) is 50.9 Å². The number of rotatable bonds is 6. The normalized spacial score (nSPS) is 11.9. The summed E-state index contributed by atoms with van der Waals surface area (Å²) in [4.78, 5) is 4.78. The number of benzene rings is 4. The summed E-state index contributed by atoms with van der Waals surface area (Å²) in [6.45, 7) is 0. The van der Waals surface area contributed by atoms with E-state index < -0.39 is 21.4 Å². The van der Waals surface area contributed by atoms with E-state index in [9.17, 15) is 21.6 Å². The molecule has 0 unspecified atom stereocenters. The number of halogens is 3. The third kappa shape index (κ3) is 4.99. The van der Waals surface area contributed by atoms with Crippen LogP contribution in [0.25, 0.3) is 45.2 Å². The molecule has 9 heteroatoms. The molecule has 0 fully saturated rings. The van der Waals surface area contributed by atoms with Gasteiger partial charge in [0.05, 0.1) is 0 Å². The van der Waals surface area contributed by atoms with Crippen molar-refractivity contribution in [3.63, 3.8) is 0 Å². The molecule has 5 nitrogen and oxygen atoms in total. The fourth-order valence-electron chi connectivity index (χ4n) is 3.82. The van der Waals surface area contributed by atoms with Crippen LogP contribution in [0.1, 0.15) is 0 Å². The molecule has 0 amide bonds. The van der Waals surface area contributed by atoms with Crippen molar-refractivity contribution >= 4 is 10.1 Å². The maximum absolute atomic E-state index is 12.8. The zero-order valence-corrected chi connectivity index (χ0v) is 19.8. The van der Waals surface area contributed by atoms with Crippen LogP contribution < -0.4 is 4.18 Å². The Kier molecular flexibility index (Phi) is 6.31. The van der Waals surface area contributed by atoms with Crippen LogP contribution >= 0.6 is 0 Å². The lowest BCUT2D eigenvalue weighted by Crippen LogP contribution is -2.28. The lowest BCUT2D eigenvalue weighted by molar-refractivity contribution is -0.0500. The summed E-state index contributed by atoms with van der Waals surface area (Å²) in [6.07, 6.45) is 0. The standard InChI is InChI=1S/C28H18F3NO4S/c29-28(30,31)37(33,34)36-22-15-9-14-21(18-22)23-16-7-8-17-24(23)27-32-25(19-10-3-1-4-11-19)26(35-27)20-12-5-2-6-13-20/h1-18H. The van der Waals surface area contributed by atoms with Crippen LogP contribution in [-0.4, -0.2) is 18.9 Å². The Morgan fingerprint density at radius 3 is 1.89 bits per heavy atom. The van der Waals surface area contributed by atoms with Crippen molar-refractivity contribution in [1.82, 2.24) is 4.98 Å². The number of alkyl halides is 3. The highest BCUT2D eigenvalue weighted by Gasteiger charge is 2.48. The molecule has 186 valence electrons. The molecule has 0 aliphatic carbocycles. The molecule has 37 heavy (non-hydrogen) atoms. The van der Waals surface area contributed by atoms with Gasteiger partial charge in [-0.1, -0.05) is 91.0 Å². The first kappa shape index (κ1) is 24.3. The van der Waals surface area contributed by atoms with E-state index in [1.807, 2.05) is 60.7 Å². The predicted octanol–water partition coefficient (Wildman–Crippen LogP) is 7.57. The Bertz CT molecular complexity index is 1590. The minimum absolute atomic E-state index is 0.294. The zero-order chi connectivity index (χ0) is 26.0. The van der Waals surface area contributed by atoms with Gasteiger partial charge in [-0.3, -0.25) is 0 Å². The molecule has 0 N–H and O–H groups in total. The summed E-state index contributed by atoms with van der Waals surface area (Å²) < 4.78 is 72.0. The highest BCUT2D eigenvalue weighted by molar-refractivity contribution is 7.88. The van der Waals surface area contributed by atoms with Gasteiger partial charge < -0.3 is 8.60 Å². The van der Waals surface area contributed by atoms with Gasteiger partial charge in [-0.2, -0.15) is 21.6 Å². The van der Waals surface area contributed by atoms with E-state index in [1.54, 1.807) is 30.3 Å². The average molecular weight is 522 g/mol. The second-order valence-electron chi connectivity index (χ2n) is 7.99. The van der Waals surface area contributed by atoms with Gasteiger partial charge in [0.1, 0.15) is 11.4 Å². The van der Waals surface area contributed by atoms with E-state index in [0.29, 0.717) is 34.0 Å². The first-order chi connectivity index (χ1) is 17.7. The van der Waals surface area contributed by atoms with E-state index >= 15 is 0 Å². The Morgan fingerprint density at radius 2 is 1.24 bits per heavy atom. The minimum Gasteiger partial charge on any atom is -0.435 e. The first-order valence-corrected chi connectivity index (χ1v) is 12.5. The highest BCUT2D eigenvalue weighted by Crippen LogP contribution is 2.39. The van der Waals surface area contributed by atoms with Gasteiger partial charge in [0, 0.05) is 16.7 Å². The highest BCUT2D eigenvalue weighted by atomic mass is 32.2. The maximum Gasteiger partial charge on any atom is 0.534 e. The number of oxazole rings is 1. The maximum atomic E-state index is 12.8. The van der Waals surface area contributed by atoms with Crippen LogP contribution in [-0.2, 0) is 10.1 Å². The van der Waals surface area contributed by atoms with Crippen molar-refractivity contribution < 1.29 is 30.2 Å². The van der Waals surface area contributed by atoms with Crippen molar-refractivity contribution in [2.24, 2.45) is 0 Å². The van der Waals surface area contributed by atoms with E-state index in [0.717, 1.165) is 17.2 Å². The number of hydrogen-bond acceptors (Lipinski definition) is 5. The Balaban J connectivity index is 1.61. The van der Waals surface area contributed by atoms with Crippen molar-refractivity contribution in [2.75, 3.05) is 0 Å². The summed E-state index contributed by atoms with van der Waals surface area (Å²) in [7, 11) is -5.81. The number of aromatic nitrogens is 1. The van der Waals surface area contributed by atoms with E-state index in [4.69, 9.17) is 9.40 Å². The lowest BCUT2D eigenvalue weighted by atomic mass is 9.99. The number of hydrogen-bond donors (Lipinski definition) is 0. The molecule has 0 aliphatic heterocycles. The fourth-order valence-corrected chi connectivity index (χ4v) is 4.27. The predicted molar refractivity (Wildman–Crippen MR) is 134 cm³/mol. The Morgan fingerprint density at radius 1 is 0.676 bits per heavy atom. The largest absolute Gasteiger partial charge is 0.534 e. The summed E-state index contributed by atoms with van der Waals surface area (Å²) in [5.74, 6) is 0.388. The SMILES string of the molecule is O=S(=O)(Oc1cccc(-c2ccccc2-c2nc(-c3ccccc3)c(-c3ccccc3)o2)c1)C(F)(F)F. The zero-order valence-electron chi connectivity index (χ0n) is 19.0. The lowest BCUT2D eigenvalue weighted by Gasteiger charge is -2.11. The van der Waals surface area contributed by atoms with Crippen LogP contribution in [0.2, 0.25) is 0 Å². The van der Waals surface area contributed by atoms with E-state index in [2.05, 4.69) is 4.18 Å². The minimum atomic E-state index is -5.81. The third-order valence-electron chi connectivity index (χ3n) is 5.50. The second kappa shape index (κ2) is 9.59. The van der Waals surface area contributed by atoms with Gasteiger partial charge in [0.15, 0.2) is 5.76 Å². The summed E-state index contributed by atoms with van der Waals surface area (Å²) in [5, 5.41) is 0. The van der Waals surface area contributed by atoms with Gasteiger partial charge in [0.2, 0.25) is 5.89 Å². The van der Waals surface area contributed by atoms with Crippen LogP contribution in [0, 0.1) is 0 Å². The van der Waals surface area contributed by atoms with Crippen LogP contribution in [0.5, 0.6) is 5.75 Å². The fraction of sp³-hybridized carbons (Fsp3) is 0.0357. The molecule has 1 aromatic heterocycles. The molecule has 0 radical (unpaired) electrons. The molecular weight excluding hydrogens is 503 g/mol. The third-order valence-corrected chi connectivity index (χ3v) is 6.48. The topological polar surface area (TPSA) is 69.4 Å². The van der Waals surface area contributed by atoms with Gasteiger partial charge in [-0.15, -0.1) is 0 Å².